The Morgan fingerprint density at radius 1 is 1.03 bits per heavy atom. The van der Waals surface area contributed by atoms with Gasteiger partial charge in [0.15, 0.2) is 5.82 Å². The van der Waals surface area contributed by atoms with Crippen LogP contribution in [0.5, 0.6) is 0 Å². The molecule has 9 heteroatoms. The van der Waals surface area contributed by atoms with E-state index in [9.17, 15) is 9.59 Å². The number of fused-ring (bicyclic) bond motifs is 2. The lowest BCUT2D eigenvalue weighted by atomic mass is 10.1. The minimum absolute atomic E-state index is 0.0904. The van der Waals surface area contributed by atoms with E-state index in [4.69, 9.17) is 4.74 Å². The Hall–Kier alpha value is -3.95. The largest absolute Gasteiger partial charge is 0.381 e. The fraction of sp³-hybridized carbons (Fsp3) is 0.222. The second-order valence-electron chi connectivity index (χ2n) is 8.78. The Labute approximate surface area is 211 Å². The molecule has 0 unspecified atom stereocenters. The van der Waals surface area contributed by atoms with Crippen LogP contribution in [0, 0.1) is 0 Å². The molecule has 5 aromatic rings. The molecule has 3 aromatic heterocycles. The summed E-state index contributed by atoms with van der Waals surface area (Å²) in [5.74, 6) is 0.0857. The molecule has 0 aliphatic carbocycles. The summed E-state index contributed by atoms with van der Waals surface area (Å²) >= 11 is 1.29. The van der Waals surface area contributed by atoms with E-state index in [-0.39, 0.29) is 23.3 Å². The van der Waals surface area contributed by atoms with E-state index >= 15 is 0 Å². The van der Waals surface area contributed by atoms with Crippen LogP contribution in [0.4, 0.5) is 5.82 Å². The summed E-state index contributed by atoms with van der Waals surface area (Å²) in [7, 11) is 1.68. The number of carbonyl (C=O) groups excluding carboxylic acids is 1. The van der Waals surface area contributed by atoms with Gasteiger partial charge in [-0.2, -0.15) is 0 Å². The van der Waals surface area contributed by atoms with Crippen molar-refractivity contribution in [1.29, 1.82) is 0 Å². The first kappa shape index (κ1) is 22.5. The number of hydrogen-bond donors (Lipinski definition) is 2. The molecule has 36 heavy (non-hydrogen) atoms. The highest BCUT2D eigenvalue weighted by Gasteiger charge is 2.21. The molecule has 6 rings (SSSR count). The number of rotatable bonds is 5. The van der Waals surface area contributed by atoms with Gasteiger partial charge >= 0.3 is 0 Å². The van der Waals surface area contributed by atoms with Crippen LogP contribution < -0.4 is 16.2 Å². The highest BCUT2D eigenvalue weighted by molar-refractivity contribution is 7.20. The molecule has 0 saturated carbocycles. The average molecular weight is 500 g/mol. The van der Waals surface area contributed by atoms with Gasteiger partial charge in [-0.3, -0.25) is 14.2 Å². The lowest BCUT2D eigenvalue weighted by Crippen LogP contribution is -2.38. The van der Waals surface area contributed by atoms with E-state index in [1.54, 1.807) is 17.7 Å². The topological polar surface area (TPSA) is 90.2 Å². The second-order valence-corrected chi connectivity index (χ2v) is 9.81. The molecular formula is C27H25N5O3S. The Bertz CT molecular complexity index is 1630. The van der Waals surface area contributed by atoms with Gasteiger partial charge in [0.05, 0.1) is 21.6 Å². The highest BCUT2D eigenvalue weighted by Crippen LogP contribution is 2.29. The van der Waals surface area contributed by atoms with Gasteiger partial charge in [-0.15, -0.1) is 11.3 Å². The summed E-state index contributed by atoms with van der Waals surface area (Å²) in [5, 5.41) is 7.08. The molecule has 8 nitrogen and oxygen atoms in total. The number of ether oxygens (including phenoxy) is 1. The molecule has 182 valence electrons. The van der Waals surface area contributed by atoms with Crippen molar-refractivity contribution in [3.63, 3.8) is 0 Å². The number of benzene rings is 2. The number of nitrogens with one attached hydrogen (secondary N) is 2. The predicted octanol–water partition coefficient (Wildman–Crippen LogP) is 4.34. The minimum Gasteiger partial charge on any atom is -0.381 e. The van der Waals surface area contributed by atoms with Crippen LogP contribution in [0.1, 0.15) is 22.5 Å². The van der Waals surface area contributed by atoms with Gasteiger partial charge in [-0.1, -0.05) is 24.3 Å². The summed E-state index contributed by atoms with van der Waals surface area (Å²) in [5.41, 5.74) is 3.07. The predicted molar refractivity (Wildman–Crippen MR) is 143 cm³/mol. The molecule has 1 aliphatic heterocycles. The van der Waals surface area contributed by atoms with Crippen molar-refractivity contribution in [1.82, 2.24) is 19.4 Å². The summed E-state index contributed by atoms with van der Waals surface area (Å²) in [6.07, 6.45) is 3.62. The fourth-order valence-electron chi connectivity index (χ4n) is 4.68. The SMILES string of the molecule is CNc1nc2sc(C(=O)NC3CCOCC3)cc2n(-c2ccc3ccn(-c4ccccc4)c3c2)c1=O. The van der Waals surface area contributed by atoms with Gasteiger partial charge in [0, 0.05) is 43.6 Å². The van der Waals surface area contributed by atoms with Gasteiger partial charge in [0.1, 0.15) is 4.83 Å². The van der Waals surface area contributed by atoms with E-state index in [0.717, 1.165) is 29.4 Å². The normalized spacial score (nSPS) is 14.4. The van der Waals surface area contributed by atoms with Crippen molar-refractivity contribution in [3.05, 3.63) is 82.1 Å². The lowest BCUT2D eigenvalue weighted by molar-refractivity contribution is 0.0698. The fourth-order valence-corrected chi connectivity index (χ4v) is 5.60. The number of thiophene rings is 1. The standard InChI is InChI=1S/C27H25N5O3S/c1-28-24-27(34)32(20-8-7-17-9-12-31(21(17)15-20)19-5-3-2-4-6-19)22-16-23(36-26(22)30-24)25(33)29-18-10-13-35-14-11-18/h2-9,12,15-16,18H,10-11,13-14H2,1H3,(H,28,30)(H,29,33). The molecular weight excluding hydrogens is 474 g/mol. The number of para-hydroxylation sites is 1. The zero-order chi connectivity index (χ0) is 24.6. The van der Waals surface area contributed by atoms with Crippen molar-refractivity contribution >= 4 is 44.3 Å². The van der Waals surface area contributed by atoms with Gasteiger partial charge in [0.2, 0.25) is 0 Å². The van der Waals surface area contributed by atoms with Gasteiger partial charge in [0.25, 0.3) is 11.5 Å². The van der Waals surface area contributed by atoms with Crippen molar-refractivity contribution in [2.45, 2.75) is 18.9 Å². The second kappa shape index (κ2) is 9.25. The molecule has 4 heterocycles. The first-order valence-corrected chi connectivity index (χ1v) is 12.7. The maximum absolute atomic E-state index is 13.5. The Balaban J connectivity index is 1.47. The number of amides is 1. The van der Waals surface area contributed by atoms with Crippen molar-refractivity contribution in [2.75, 3.05) is 25.6 Å². The maximum Gasteiger partial charge on any atom is 0.298 e. The third kappa shape index (κ3) is 3.96. The van der Waals surface area contributed by atoms with Crippen molar-refractivity contribution in [3.8, 4) is 11.4 Å². The molecule has 0 atom stereocenters. The zero-order valence-corrected chi connectivity index (χ0v) is 20.5. The van der Waals surface area contributed by atoms with Crippen molar-refractivity contribution in [2.24, 2.45) is 0 Å². The number of hydrogen-bond acceptors (Lipinski definition) is 6. The minimum atomic E-state index is -0.267. The van der Waals surface area contributed by atoms with Crippen LogP contribution >= 0.6 is 11.3 Å². The van der Waals surface area contributed by atoms with Gasteiger partial charge < -0.3 is 19.9 Å². The van der Waals surface area contributed by atoms with Crippen LogP contribution in [-0.4, -0.2) is 46.3 Å². The van der Waals surface area contributed by atoms with Gasteiger partial charge in [-0.25, -0.2) is 4.98 Å². The third-order valence-corrected chi connectivity index (χ3v) is 7.56. The summed E-state index contributed by atoms with van der Waals surface area (Å²) in [6, 6.07) is 19.9. The third-order valence-electron chi connectivity index (χ3n) is 6.54. The van der Waals surface area contributed by atoms with E-state index in [0.29, 0.717) is 34.1 Å². The summed E-state index contributed by atoms with van der Waals surface area (Å²) in [4.78, 5) is 32.2. The molecule has 2 aromatic carbocycles. The highest BCUT2D eigenvalue weighted by atomic mass is 32.1. The van der Waals surface area contributed by atoms with Crippen LogP contribution in [0.25, 0.3) is 32.6 Å². The first-order chi connectivity index (χ1) is 17.6. The smallest absolute Gasteiger partial charge is 0.298 e. The van der Waals surface area contributed by atoms with E-state index in [1.165, 1.54) is 11.3 Å². The number of aromatic nitrogens is 3. The van der Waals surface area contributed by atoms with E-state index in [2.05, 4.69) is 26.3 Å². The number of nitrogens with zero attached hydrogens (tertiary/aromatic N) is 3. The lowest BCUT2D eigenvalue weighted by Gasteiger charge is -2.22. The van der Waals surface area contributed by atoms with Gasteiger partial charge in [-0.05, 0) is 49.2 Å². The monoisotopic (exact) mass is 499 g/mol. The van der Waals surface area contributed by atoms with Crippen LogP contribution in [-0.2, 0) is 4.74 Å². The molecule has 0 radical (unpaired) electrons. The summed E-state index contributed by atoms with van der Waals surface area (Å²) < 4.78 is 9.13. The molecule has 0 spiro atoms. The molecule has 1 aliphatic rings. The number of carbonyl (C=O) groups is 1. The Morgan fingerprint density at radius 2 is 1.83 bits per heavy atom. The zero-order valence-electron chi connectivity index (χ0n) is 19.7. The van der Waals surface area contributed by atoms with E-state index < -0.39 is 0 Å². The Morgan fingerprint density at radius 3 is 2.61 bits per heavy atom. The first-order valence-electron chi connectivity index (χ1n) is 11.9. The molecule has 0 bridgehead atoms. The van der Waals surface area contributed by atoms with Crippen molar-refractivity contribution < 1.29 is 9.53 Å². The maximum atomic E-state index is 13.5. The number of anilines is 1. The van der Waals surface area contributed by atoms with Crippen LogP contribution in [0.2, 0.25) is 0 Å². The van der Waals surface area contributed by atoms with Crippen LogP contribution in [0.15, 0.2) is 71.7 Å². The van der Waals surface area contributed by atoms with E-state index in [1.807, 2.05) is 54.7 Å². The molecule has 1 fully saturated rings. The molecule has 1 saturated heterocycles. The van der Waals surface area contributed by atoms with Crippen LogP contribution in [0.3, 0.4) is 0 Å². The average Bonchev–Trinajstić information content (AvgIpc) is 3.53. The Kier molecular flexibility index (Phi) is 5.79. The quantitative estimate of drug-likeness (QED) is 0.375. The molecule has 2 N–H and O–H groups in total. The molecule has 1 amide bonds. The summed E-state index contributed by atoms with van der Waals surface area (Å²) in [6.45, 7) is 1.30.